The molecule has 100 valence electrons. The summed E-state index contributed by atoms with van der Waals surface area (Å²) in [7, 11) is 0. The molecule has 0 radical (unpaired) electrons. The molecule has 1 heterocycles. The Bertz CT molecular complexity index is 267. The van der Waals surface area contributed by atoms with E-state index in [1.165, 1.54) is 0 Å². The van der Waals surface area contributed by atoms with Crippen LogP contribution in [0, 0.1) is 0 Å². The van der Waals surface area contributed by atoms with Crippen molar-refractivity contribution in [2.24, 2.45) is 0 Å². The van der Waals surface area contributed by atoms with Crippen LogP contribution in [0.5, 0.6) is 0 Å². The van der Waals surface area contributed by atoms with Crippen LogP contribution in [0.4, 0.5) is 13.2 Å². The van der Waals surface area contributed by atoms with Gasteiger partial charge in [0.1, 0.15) is 0 Å². The summed E-state index contributed by atoms with van der Waals surface area (Å²) in [5.41, 5.74) is 0. The first-order chi connectivity index (χ1) is 7.79. The molecule has 1 fully saturated rings. The molecular weight excluding hydrogens is 241 g/mol. The summed E-state index contributed by atoms with van der Waals surface area (Å²) in [4.78, 5) is 21.9. The number of carboxylic acids is 1. The Kier molecular flexibility index (Phi) is 6.55. The largest absolute Gasteiger partial charge is 0.490 e. The lowest BCUT2D eigenvalue weighted by molar-refractivity contribution is -0.192. The Labute approximate surface area is 96.6 Å². The quantitative estimate of drug-likeness (QED) is 0.753. The normalized spacial score (nSPS) is 16.2. The Morgan fingerprint density at radius 2 is 2.06 bits per heavy atom. The molecule has 0 aromatic carbocycles. The van der Waals surface area contributed by atoms with Gasteiger partial charge in [0.2, 0.25) is 5.91 Å². The van der Waals surface area contributed by atoms with Gasteiger partial charge in [0.25, 0.3) is 0 Å². The van der Waals surface area contributed by atoms with E-state index in [-0.39, 0.29) is 5.91 Å². The van der Waals surface area contributed by atoms with Crippen LogP contribution in [0.1, 0.15) is 13.3 Å². The molecule has 1 saturated heterocycles. The van der Waals surface area contributed by atoms with Crippen LogP contribution < -0.4 is 5.32 Å². The highest BCUT2D eigenvalue weighted by Crippen LogP contribution is 2.13. The minimum atomic E-state index is -5.08. The van der Waals surface area contributed by atoms with Crippen molar-refractivity contribution < 1.29 is 27.9 Å². The van der Waals surface area contributed by atoms with Crippen LogP contribution in [0.2, 0.25) is 0 Å². The van der Waals surface area contributed by atoms with Crippen LogP contribution in [-0.4, -0.2) is 54.2 Å². The van der Waals surface area contributed by atoms with Gasteiger partial charge in [0.15, 0.2) is 0 Å². The predicted octanol–water partition coefficient (Wildman–Crippen LogP) is 0.462. The number of alkyl halides is 3. The summed E-state index contributed by atoms with van der Waals surface area (Å²) >= 11 is 0. The van der Waals surface area contributed by atoms with Crippen LogP contribution in [-0.2, 0) is 9.59 Å². The maximum atomic E-state index is 11.0. The summed E-state index contributed by atoms with van der Waals surface area (Å²) in [5, 5.41) is 10.2. The van der Waals surface area contributed by atoms with Gasteiger partial charge in [0.05, 0.1) is 6.54 Å². The van der Waals surface area contributed by atoms with Gasteiger partial charge in [-0.15, -0.1) is 0 Å². The molecule has 1 aliphatic heterocycles. The number of nitrogens with one attached hydrogen (secondary N) is 1. The molecule has 0 atom stereocenters. The van der Waals surface area contributed by atoms with Gasteiger partial charge in [-0.25, -0.2) is 4.79 Å². The van der Waals surface area contributed by atoms with E-state index >= 15 is 0 Å². The molecule has 0 aliphatic carbocycles. The van der Waals surface area contributed by atoms with Crippen molar-refractivity contribution >= 4 is 11.9 Å². The fraction of sp³-hybridized carbons (Fsp3) is 0.778. The number of rotatable bonds is 2. The van der Waals surface area contributed by atoms with Crippen molar-refractivity contribution in [1.82, 2.24) is 10.2 Å². The van der Waals surface area contributed by atoms with Gasteiger partial charge in [0, 0.05) is 19.6 Å². The lowest BCUT2D eigenvalue weighted by atomic mass is 10.3. The van der Waals surface area contributed by atoms with Crippen molar-refractivity contribution in [1.29, 1.82) is 0 Å². The second-order valence-electron chi connectivity index (χ2n) is 3.36. The number of carbonyl (C=O) groups is 2. The Hall–Kier alpha value is -1.31. The predicted molar refractivity (Wildman–Crippen MR) is 53.4 cm³/mol. The van der Waals surface area contributed by atoms with Gasteiger partial charge in [-0.3, -0.25) is 4.79 Å². The number of nitrogens with zero attached hydrogens (tertiary/aromatic N) is 1. The molecule has 5 nitrogen and oxygen atoms in total. The SMILES string of the molecule is CCCN1CCNCC1=O.O=C(O)C(F)(F)F. The molecule has 1 rings (SSSR count). The number of halogens is 3. The summed E-state index contributed by atoms with van der Waals surface area (Å²) in [5.74, 6) is -2.51. The average Bonchev–Trinajstić information content (AvgIpc) is 2.21. The van der Waals surface area contributed by atoms with E-state index in [0.717, 1.165) is 26.1 Å². The molecule has 0 aromatic heterocycles. The highest BCUT2D eigenvalue weighted by molar-refractivity contribution is 5.78. The fourth-order valence-corrected chi connectivity index (χ4v) is 1.15. The molecule has 0 saturated carbocycles. The van der Waals surface area contributed by atoms with Gasteiger partial charge >= 0.3 is 12.1 Å². The molecule has 1 amide bonds. The topological polar surface area (TPSA) is 69.6 Å². The van der Waals surface area contributed by atoms with Crippen LogP contribution in [0.25, 0.3) is 0 Å². The third kappa shape index (κ3) is 6.77. The van der Waals surface area contributed by atoms with E-state index < -0.39 is 12.1 Å². The molecule has 0 aromatic rings. The van der Waals surface area contributed by atoms with Crippen LogP contribution >= 0.6 is 0 Å². The minimum Gasteiger partial charge on any atom is -0.475 e. The molecule has 8 heteroatoms. The van der Waals surface area contributed by atoms with E-state index in [1.54, 1.807) is 0 Å². The first-order valence-electron chi connectivity index (χ1n) is 5.07. The number of piperazine rings is 1. The second-order valence-corrected chi connectivity index (χ2v) is 3.36. The maximum absolute atomic E-state index is 11.0. The van der Waals surface area contributed by atoms with Gasteiger partial charge in [-0.2, -0.15) is 13.2 Å². The second kappa shape index (κ2) is 7.10. The van der Waals surface area contributed by atoms with E-state index in [9.17, 15) is 18.0 Å². The molecule has 0 spiro atoms. The molecule has 17 heavy (non-hydrogen) atoms. The Morgan fingerprint density at radius 1 is 1.53 bits per heavy atom. The molecule has 1 aliphatic rings. The lowest BCUT2D eigenvalue weighted by Gasteiger charge is -2.26. The Morgan fingerprint density at radius 3 is 2.41 bits per heavy atom. The lowest BCUT2D eigenvalue weighted by Crippen LogP contribution is -2.48. The molecule has 0 unspecified atom stereocenters. The van der Waals surface area contributed by atoms with Crippen molar-refractivity contribution in [3.8, 4) is 0 Å². The van der Waals surface area contributed by atoms with Crippen molar-refractivity contribution in [3.63, 3.8) is 0 Å². The number of hydrogen-bond donors (Lipinski definition) is 2. The van der Waals surface area contributed by atoms with Gasteiger partial charge in [-0.1, -0.05) is 6.92 Å². The smallest absolute Gasteiger partial charge is 0.475 e. The van der Waals surface area contributed by atoms with E-state index in [2.05, 4.69) is 12.2 Å². The number of carboxylic acid groups (broad SMARTS) is 1. The number of carbonyl (C=O) groups excluding carboxylic acids is 1. The zero-order chi connectivity index (χ0) is 13.5. The van der Waals surface area contributed by atoms with Crippen molar-refractivity contribution in [2.75, 3.05) is 26.2 Å². The fourth-order valence-electron chi connectivity index (χ4n) is 1.15. The maximum Gasteiger partial charge on any atom is 0.490 e. The summed E-state index contributed by atoms with van der Waals surface area (Å²) in [6.45, 7) is 5.37. The first kappa shape index (κ1) is 15.7. The standard InChI is InChI=1S/C7H14N2O.C2HF3O2/c1-2-4-9-5-3-8-6-7(9)10;3-2(4,5)1(6)7/h8H,2-6H2,1H3;(H,6,7). The van der Waals surface area contributed by atoms with E-state index in [0.29, 0.717) is 6.54 Å². The highest BCUT2D eigenvalue weighted by Gasteiger charge is 2.38. The zero-order valence-corrected chi connectivity index (χ0v) is 9.38. The zero-order valence-electron chi connectivity index (χ0n) is 9.38. The van der Waals surface area contributed by atoms with E-state index in [4.69, 9.17) is 9.90 Å². The third-order valence-electron chi connectivity index (χ3n) is 1.92. The highest BCUT2D eigenvalue weighted by atomic mass is 19.4. The van der Waals surface area contributed by atoms with Gasteiger partial charge in [-0.05, 0) is 6.42 Å². The first-order valence-corrected chi connectivity index (χ1v) is 5.07. The average molecular weight is 256 g/mol. The van der Waals surface area contributed by atoms with Gasteiger partial charge < -0.3 is 15.3 Å². The molecule has 2 N–H and O–H groups in total. The van der Waals surface area contributed by atoms with Crippen LogP contribution in [0.3, 0.4) is 0 Å². The summed E-state index contributed by atoms with van der Waals surface area (Å²) in [6.07, 6.45) is -4.02. The number of aliphatic carboxylic acids is 1. The number of amides is 1. The molecular formula is C9H15F3N2O3. The van der Waals surface area contributed by atoms with Crippen molar-refractivity contribution in [2.45, 2.75) is 19.5 Å². The molecule has 0 bridgehead atoms. The number of hydrogen-bond acceptors (Lipinski definition) is 3. The summed E-state index contributed by atoms with van der Waals surface area (Å²) < 4.78 is 31.7. The monoisotopic (exact) mass is 256 g/mol. The van der Waals surface area contributed by atoms with Crippen LogP contribution in [0.15, 0.2) is 0 Å². The van der Waals surface area contributed by atoms with Crippen molar-refractivity contribution in [3.05, 3.63) is 0 Å². The third-order valence-corrected chi connectivity index (χ3v) is 1.92. The minimum absolute atomic E-state index is 0.244. The Balaban J connectivity index is 0.000000325. The summed E-state index contributed by atoms with van der Waals surface area (Å²) in [6, 6.07) is 0. The van der Waals surface area contributed by atoms with E-state index in [1.807, 2.05) is 4.90 Å².